The van der Waals surface area contributed by atoms with Gasteiger partial charge in [-0.25, -0.2) is 9.97 Å². The van der Waals surface area contributed by atoms with Crippen LogP contribution in [-0.2, 0) is 10.4 Å². The van der Waals surface area contributed by atoms with Crippen molar-refractivity contribution in [3.8, 4) is 11.8 Å². The molecule has 0 atom stereocenters. The Kier molecular flexibility index (Phi) is 1.05. The Morgan fingerprint density at radius 3 is 2.00 bits per heavy atom. The van der Waals surface area contributed by atoms with Crippen LogP contribution in [0.1, 0.15) is 0 Å². The SMILES string of the molecule is O=S1(=O)Oc2nccnc2O1. The summed E-state index contributed by atoms with van der Waals surface area (Å²) in [6, 6.07) is 0. The van der Waals surface area contributed by atoms with Crippen LogP contribution in [0.2, 0.25) is 0 Å². The van der Waals surface area contributed by atoms with Crippen molar-refractivity contribution in [2.45, 2.75) is 0 Å². The minimum Gasteiger partial charge on any atom is -0.326 e. The highest BCUT2D eigenvalue weighted by Gasteiger charge is 2.30. The standard InChI is InChI=1S/C4H2N2O4S/c7-11(8)9-3-4(10-11)6-2-1-5-3/h1-2H. The summed E-state index contributed by atoms with van der Waals surface area (Å²) in [6.45, 7) is 0. The van der Waals surface area contributed by atoms with E-state index >= 15 is 0 Å². The van der Waals surface area contributed by atoms with Crippen LogP contribution in [0, 0.1) is 0 Å². The van der Waals surface area contributed by atoms with E-state index in [1.807, 2.05) is 0 Å². The highest BCUT2D eigenvalue weighted by molar-refractivity contribution is 7.82. The number of fused-ring (bicyclic) bond motifs is 1. The third-order valence-electron chi connectivity index (χ3n) is 0.995. The normalized spacial score (nSPS) is 18.2. The summed E-state index contributed by atoms with van der Waals surface area (Å²) in [5.41, 5.74) is 0. The second kappa shape index (κ2) is 1.82. The first-order valence-electron chi connectivity index (χ1n) is 2.62. The molecule has 0 aliphatic carbocycles. The van der Waals surface area contributed by atoms with Crippen LogP contribution < -0.4 is 8.37 Å². The Balaban J connectivity index is 2.57. The van der Waals surface area contributed by atoms with E-state index in [1.165, 1.54) is 12.4 Å². The second-order valence-corrected chi connectivity index (χ2v) is 2.89. The van der Waals surface area contributed by atoms with Gasteiger partial charge in [0.15, 0.2) is 0 Å². The monoisotopic (exact) mass is 174 g/mol. The Hall–Kier alpha value is -1.37. The van der Waals surface area contributed by atoms with Gasteiger partial charge in [-0.3, -0.25) is 0 Å². The molecule has 0 radical (unpaired) electrons. The maximum Gasteiger partial charge on any atom is 0.504 e. The zero-order chi connectivity index (χ0) is 7.90. The van der Waals surface area contributed by atoms with Gasteiger partial charge in [-0.1, -0.05) is 0 Å². The largest absolute Gasteiger partial charge is 0.504 e. The van der Waals surface area contributed by atoms with Gasteiger partial charge in [0.05, 0.1) is 0 Å². The molecule has 2 heterocycles. The summed E-state index contributed by atoms with van der Waals surface area (Å²) < 4.78 is 29.7. The van der Waals surface area contributed by atoms with E-state index in [4.69, 9.17) is 0 Å². The molecule has 7 heteroatoms. The van der Waals surface area contributed by atoms with Crippen LogP contribution in [0.5, 0.6) is 11.8 Å². The van der Waals surface area contributed by atoms with Crippen LogP contribution in [0.25, 0.3) is 0 Å². The van der Waals surface area contributed by atoms with Crippen molar-refractivity contribution < 1.29 is 16.8 Å². The molecule has 6 nitrogen and oxygen atoms in total. The molecule has 0 fully saturated rings. The quantitative estimate of drug-likeness (QED) is 0.527. The zero-order valence-corrected chi connectivity index (χ0v) is 5.91. The lowest BCUT2D eigenvalue weighted by molar-refractivity contribution is 0.431. The van der Waals surface area contributed by atoms with Gasteiger partial charge >= 0.3 is 22.2 Å². The average Bonchev–Trinajstić information content (AvgIpc) is 2.21. The maximum atomic E-state index is 10.6. The smallest absolute Gasteiger partial charge is 0.326 e. The van der Waals surface area contributed by atoms with Gasteiger partial charge in [0.25, 0.3) is 0 Å². The van der Waals surface area contributed by atoms with E-state index in [0.29, 0.717) is 0 Å². The molecule has 0 saturated carbocycles. The number of aromatic nitrogens is 2. The molecule has 0 N–H and O–H groups in total. The number of rotatable bonds is 0. The Morgan fingerprint density at radius 1 is 1.09 bits per heavy atom. The fourth-order valence-corrected chi connectivity index (χ4v) is 1.29. The van der Waals surface area contributed by atoms with Crippen molar-refractivity contribution in [1.82, 2.24) is 9.97 Å². The van der Waals surface area contributed by atoms with Crippen LogP contribution in [0.3, 0.4) is 0 Å². The van der Waals surface area contributed by atoms with Crippen molar-refractivity contribution in [3.05, 3.63) is 12.4 Å². The molecule has 0 saturated heterocycles. The van der Waals surface area contributed by atoms with E-state index < -0.39 is 10.4 Å². The Bertz CT molecular complexity index is 356. The molecule has 1 aromatic heterocycles. The minimum atomic E-state index is -3.93. The van der Waals surface area contributed by atoms with Gasteiger partial charge in [0.1, 0.15) is 0 Å². The third kappa shape index (κ3) is 0.984. The summed E-state index contributed by atoms with van der Waals surface area (Å²) >= 11 is 0. The van der Waals surface area contributed by atoms with Crippen molar-refractivity contribution in [1.29, 1.82) is 0 Å². The first-order valence-corrected chi connectivity index (χ1v) is 3.96. The van der Waals surface area contributed by atoms with Crippen LogP contribution in [0.4, 0.5) is 0 Å². The molecular formula is C4H2N2O4S. The van der Waals surface area contributed by atoms with Crippen molar-refractivity contribution in [2.75, 3.05) is 0 Å². The molecule has 1 aliphatic rings. The predicted octanol–water partition coefficient (Wildman–Crippen LogP) is -0.507. The van der Waals surface area contributed by atoms with Gasteiger partial charge in [0.2, 0.25) is 0 Å². The summed E-state index contributed by atoms with van der Waals surface area (Å²) in [5, 5.41) is 0. The lowest BCUT2D eigenvalue weighted by Crippen LogP contribution is -2.08. The fourth-order valence-electron chi connectivity index (χ4n) is 0.637. The molecule has 2 rings (SSSR count). The molecule has 11 heavy (non-hydrogen) atoms. The maximum absolute atomic E-state index is 10.6. The molecule has 1 aliphatic heterocycles. The Labute approximate surface area is 62.1 Å². The van der Waals surface area contributed by atoms with Gasteiger partial charge in [-0.2, -0.15) is 0 Å². The van der Waals surface area contributed by atoms with Gasteiger partial charge < -0.3 is 8.37 Å². The van der Waals surface area contributed by atoms with Crippen LogP contribution >= 0.6 is 0 Å². The average molecular weight is 174 g/mol. The summed E-state index contributed by atoms with van der Waals surface area (Å²) in [7, 11) is -3.93. The summed E-state index contributed by atoms with van der Waals surface area (Å²) in [6.07, 6.45) is 2.62. The van der Waals surface area contributed by atoms with E-state index in [9.17, 15) is 8.42 Å². The van der Waals surface area contributed by atoms with Gasteiger partial charge in [0, 0.05) is 12.4 Å². The minimum absolute atomic E-state index is 0.118. The van der Waals surface area contributed by atoms with E-state index in [1.54, 1.807) is 0 Å². The fraction of sp³-hybridized carbons (Fsp3) is 0. The third-order valence-corrected chi connectivity index (χ3v) is 1.72. The van der Waals surface area contributed by atoms with Crippen molar-refractivity contribution in [2.24, 2.45) is 0 Å². The molecule has 1 aromatic rings. The first-order chi connectivity index (χ1) is 5.17. The van der Waals surface area contributed by atoms with Crippen molar-refractivity contribution in [3.63, 3.8) is 0 Å². The molecule has 0 aromatic carbocycles. The van der Waals surface area contributed by atoms with E-state index in [2.05, 4.69) is 18.3 Å². The molecular weight excluding hydrogens is 172 g/mol. The highest BCUT2D eigenvalue weighted by atomic mass is 32.3. The lowest BCUT2D eigenvalue weighted by atomic mass is 10.7. The van der Waals surface area contributed by atoms with Crippen molar-refractivity contribution >= 4 is 10.4 Å². The van der Waals surface area contributed by atoms with E-state index in [-0.39, 0.29) is 11.8 Å². The summed E-state index contributed by atoms with van der Waals surface area (Å²) in [4.78, 5) is 7.13. The topological polar surface area (TPSA) is 78.4 Å². The lowest BCUT2D eigenvalue weighted by Gasteiger charge is -1.85. The Morgan fingerprint density at radius 2 is 1.55 bits per heavy atom. The predicted molar refractivity (Wildman–Crippen MR) is 32.2 cm³/mol. The molecule has 58 valence electrons. The first kappa shape index (κ1) is 6.35. The molecule has 0 spiro atoms. The zero-order valence-electron chi connectivity index (χ0n) is 5.09. The summed E-state index contributed by atoms with van der Waals surface area (Å²) in [5.74, 6) is -0.236. The molecule has 0 unspecified atom stereocenters. The number of hydrogen-bond donors (Lipinski definition) is 0. The molecule has 0 amide bonds. The van der Waals surface area contributed by atoms with Crippen LogP contribution in [-0.4, -0.2) is 18.4 Å². The number of hydrogen-bond acceptors (Lipinski definition) is 6. The van der Waals surface area contributed by atoms with E-state index in [0.717, 1.165) is 0 Å². The second-order valence-electron chi connectivity index (χ2n) is 1.74. The highest BCUT2D eigenvalue weighted by Crippen LogP contribution is 2.29. The number of nitrogens with zero attached hydrogens (tertiary/aromatic N) is 2. The van der Waals surface area contributed by atoms with Gasteiger partial charge in [-0.15, -0.1) is 8.42 Å². The van der Waals surface area contributed by atoms with Crippen LogP contribution in [0.15, 0.2) is 12.4 Å². The van der Waals surface area contributed by atoms with Gasteiger partial charge in [-0.05, 0) is 0 Å². The molecule has 0 bridgehead atoms.